The maximum atomic E-state index is 4.32. The Balaban J connectivity index is 2.64. The number of hydrogen-bond donors (Lipinski definition) is 1. The molecule has 1 aromatic rings. The van der Waals surface area contributed by atoms with Crippen LogP contribution < -0.4 is 5.32 Å². The fourth-order valence-corrected chi connectivity index (χ4v) is 1.67. The molecule has 0 bridgehead atoms. The lowest BCUT2D eigenvalue weighted by Crippen LogP contribution is -2.28. The smallest absolute Gasteiger partial charge is 0.138 e. The second kappa shape index (κ2) is 6.43. The minimum absolute atomic E-state index is 0.396. The number of likely N-dealkylation sites (N-methyl/N-ethyl adjacent to an activating group) is 1. The van der Waals surface area contributed by atoms with E-state index in [1.165, 1.54) is 0 Å². The van der Waals surface area contributed by atoms with E-state index in [1.807, 2.05) is 17.8 Å². The molecule has 1 N–H and O–H groups in total. The van der Waals surface area contributed by atoms with Crippen LogP contribution in [0, 0.1) is 5.92 Å². The van der Waals surface area contributed by atoms with Gasteiger partial charge < -0.3 is 5.32 Å². The molecule has 0 spiro atoms. The molecule has 0 saturated carbocycles. The van der Waals surface area contributed by atoms with Gasteiger partial charge in [0.25, 0.3) is 0 Å². The van der Waals surface area contributed by atoms with Crippen LogP contribution >= 0.6 is 0 Å². The van der Waals surface area contributed by atoms with Crippen LogP contribution in [0.4, 0.5) is 0 Å². The summed E-state index contributed by atoms with van der Waals surface area (Å²) >= 11 is 0. The molecule has 0 aliphatic carbocycles. The Morgan fingerprint density at radius 2 is 2.31 bits per heavy atom. The molecule has 0 aromatic carbocycles. The fourth-order valence-electron chi connectivity index (χ4n) is 1.67. The van der Waals surface area contributed by atoms with E-state index in [9.17, 15) is 0 Å². The van der Waals surface area contributed by atoms with Gasteiger partial charge in [-0.2, -0.15) is 5.10 Å². The molecule has 0 aliphatic rings. The molecule has 4 heteroatoms. The largest absolute Gasteiger partial charge is 0.316 e. The summed E-state index contributed by atoms with van der Waals surface area (Å²) in [5.41, 5.74) is 0. The summed E-state index contributed by atoms with van der Waals surface area (Å²) in [6.45, 7) is 9.07. The molecular formula is C12H22N4. The topological polar surface area (TPSA) is 42.7 Å². The highest BCUT2D eigenvalue weighted by Crippen LogP contribution is 2.06. The van der Waals surface area contributed by atoms with Crippen molar-refractivity contribution < 1.29 is 0 Å². The Morgan fingerprint density at radius 3 is 2.88 bits per heavy atom. The van der Waals surface area contributed by atoms with Crippen molar-refractivity contribution >= 4 is 0 Å². The molecular weight excluding hydrogens is 200 g/mol. The van der Waals surface area contributed by atoms with E-state index in [4.69, 9.17) is 0 Å². The average Bonchev–Trinajstić information content (AvgIpc) is 2.64. The summed E-state index contributed by atoms with van der Waals surface area (Å²) in [6.07, 6.45) is 5.42. The van der Waals surface area contributed by atoms with Crippen LogP contribution in [0.1, 0.15) is 26.1 Å². The fraction of sp³-hybridized carbons (Fsp3) is 0.667. The van der Waals surface area contributed by atoms with Crippen LogP contribution in [0.5, 0.6) is 0 Å². The third kappa shape index (κ3) is 3.77. The van der Waals surface area contributed by atoms with Crippen molar-refractivity contribution in [2.75, 3.05) is 7.05 Å². The van der Waals surface area contributed by atoms with E-state index >= 15 is 0 Å². The molecule has 1 heterocycles. The van der Waals surface area contributed by atoms with Gasteiger partial charge in [0.15, 0.2) is 0 Å². The van der Waals surface area contributed by atoms with Gasteiger partial charge >= 0.3 is 0 Å². The zero-order valence-electron chi connectivity index (χ0n) is 10.5. The minimum Gasteiger partial charge on any atom is -0.316 e. The number of nitrogens with zero attached hydrogens (tertiary/aromatic N) is 3. The molecule has 1 atom stereocenters. The van der Waals surface area contributed by atoms with Gasteiger partial charge in [0.1, 0.15) is 12.2 Å². The van der Waals surface area contributed by atoms with E-state index in [1.54, 1.807) is 6.33 Å². The molecule has 16 heavy (non-hydrogen) atoms. The van der Waals surface area contributed by atoms with Gasteiger partial charge in [-0.1, -0.05) is 19.9 Å². The lowest BCUT2D eigenvalue weighted by molar-refractivity contribution is 0.449. The molecule has 0 aliphatic heterocycles. The first-order chi connectivity index (χ1) is 7.67. The van der Waals surface area contributed by atoms with E-state index in [-0.39, 0.29) is 0 Å². The Morgan fingerprint density at radius 1 is 1.56 bits per heavy atom. The van der Waals surface area contributed by atoms with Crippen molar-refractivity contribution in [2.45, 2.75) is 39.3 Å². The molecule has 1 rings (SSSR count). The number of hydrogen-bond acceptors (Lipinski definition) is 3. The normalized spacial score (nSPS) is 13.0. The van der Waals surface area contributed by atoms with E-state index < -0.39 is 0 Å². The van der Waals surface area contributed by atoms with Gasteiger partial charge in [-0.15, -0.1) is 6.58 Å². The maximum absolute atomic E-state index is 4.32. The molecule has 0 radical (unpaired) electrons. The minimum atomic E-state index is 0.396. The van der Waals surface area contributed by atoms with Crippen molar-refractivity contribution in [3.63, 3.8) is 0 Å². The second-order valence-electron chi connectivity index (χ2n) is 4.47. The standard InChI is InChI=1S/C12H22N4/c1-5-6-11(13-4)7-12-14-9-15-16(12)8-10(2)3/h5,9-11,13H,1,6-8H2,2-4H3. The quantitative estimate of drug-likeness (QED) is 0.713. The molecule has 1 unspecified atom stereocenters. The number of nitrogens with one attached hydrogen (secondary N) is 1. The van der Waals surface area contributed by atoms with E-state index in [0.29, 0.717) is 12.0 Å². The molecule has 1 aromatic heterocycles. The predicted molar refractivity (Wildman–Crippen MR) is 66.2 cm³/mol. The molecule has 0 saturated heterocycles. The lowest BCUT2D eigenvalue weighted by atomic mass is 10.1. The van der Waals surface area contributed by atoms with Gasteiger partial charge in [0.05, 0.1) is 0 Å². The van der Waals surface area contributed by atoms with Crippen molar-refractivity contribution in [1.29, 1.82) is 0 Å². The van der Waals surface area contributed by atoms with Crippen LogP contribution in [0.25, 0.3) is 0 Å². The highest BCUT2D eigenvalue weighted by atomic mass is 15.3. The summed E-state index contributed by atoms with van der Waals surface area (Å²) < 4.78 is 2.00. The maximum Gasteiger partial charge on any atom is 0.138 e. The lowest BCUT2D eigenvalue weighted by Gasteiger charge is -2.14. The SMILES string of the molecule is C=CCC(Cc1ncnn1CC(C)C)NC. The predicted octanol–water partition coefficient (Wildman–Crippen LogP) is 1.64. The van der Waals surface area contributed by atoms with Gasteiger partial charge in [-0.3, -0.25) is 0 Å². The van der Waals surface area contributed by atoms with E-state index in [0.717, 1.165) is 25.2 Å². The van der Waals surface area contributed by atoms with Crippen LogP contribution in [0.2, 0.25) is 0 Å². The van der Waals surface area contributed by atoms with Crippen LogP contribution in [-0.2, 0) is 13.0 Å². The van der Waals surface area contributed by atoms with Crippen LogP contribution in [-0.4, -0.2) is 27.9 Å². The molecule has 0 fully saturated rings. The molecule has 4 nitrogen and oxygen atoms in total. The zero-order valence-corrected chi connectivity index (χ0v) is 10.5. The van der Waals surface area contributed by atoms with Gasteiger partial charge in [-0.25, -0.2) is 9.67 Å². The molecule has 0 amide bonds. The summed E-state index contributed by atoms with van der Waals surface area (Å²) in [4.78, 5) is 4.32. The van der Waals surface area contributed by atoms with Crippen LogP contribution in [0.3, 0.4) is 0 Å². The van der Waals surface area contributed by atoms with Crippen molar-refractivity contribution in [3.8, 4) is 0 Å². The Hall–Kier alpha value is -1.16. The highest BCUT2D eigenvalue weighted by Gasteiger charge is 2.11. The molecule has 90 valence electrons. The first-order valence-electron chi connectivity index (χ1n) is 5.82. The summed E-state index contributed by atoms with van der Waals surface area (Å²) in [5, 5.41) is 7.53. The average molecular weight is 222 g/mol. The van der Waals surface area contributed by atoms with Crippen molar-refractivity contribution in [2.24, 2.45) is 5.92 Å². The van der Waals surface area contributed by atoms with Crippen molar-refractivity contribution in [1.82, 2.24) is 20.1 Å². The zero-order chi connectivity index (χ0) is 12.0. The monoisotopic (exact) mass is 222 g/mol. The Kier molecular flexibility index (Phi) is 5.19. The Bertz CT molecular complexity index is 317. The van der Waals surface area contributed by atoms with E-state index in [2.05, 4.69) is 35.8 Å². The summed E-state index contributed by atoms with van der Waals surface area (Å²) in [7, 11) is 1.97. The van der Waals surface area contributed by atoms with Crippen LogP contribution in [0.15, 0.2) is 19.0 Å². The second-order valence-corrected chi connectivity index (χ2v) is 4.47. The third-order valence-corrected chi connectivity index (χ3v) is 2.52. The van der Waals surface area contributed by atoms with Gasteiger partial charge in [0.2, 0.25) is 0 Å². The summed E-state index contributed by atoms with van der Waals surface area (Å²) in [6, 6.07) is 0.396. The number of aromatic nitrogens is 3. The number of rotatable bonds is 7. The van der Waals surface area contributed by atoms with Gasteiger partial charge in [0, 0.05) is 19.0 Å². The third-order valence-electron chi connectivity index (χ3n) is 2.52. The van der Waals surface area contributed by atoms with Crippen molar-refractivity contribution in [3.05, 3.63) is 24.8 Å². The van der Waals surface area contributed by atoms with Gasteiger partial charge in [-0.05, 0) is 19.4 Å². The summed E-state index contributed by atoms with van der Waals surface area (Å²) in [5.74, 6) is 1.64. The Labute approximate surface area is 97.8 Å². The first-order valence-corrected chi connectivity index (χ1v) is 5.82. The highest BCUT2D eigenvalue weighted by molar-refractivity contribution is 4.92. The first kappa shape index (κ1) is 12.9.